The lowest BCUT2D eigenvalue weighted by Crippen LogP contribution is -1.99. The fourth-order valence-electron chi connectivity index (χ4n) is 1.65. The van der Waals surface area contributed by atoms with Gasteiger partial charge < -0.3 is 5.11 Å². The van der Waals surface area contributed by atoms with Crippen LogP contribution in [0.2, 0.25) is 0 Å². The molecular weight excluding hydrogens is 255 g/mol. The van der Waals surface area contributed by atoms with E-state index >= 15 is 0 Å². The van der Waals surface area contributed by atoms with Crippen molar-refractivity contribution < 1.29 is 14.3 Å². The number of nitrogens with zero attached hydrogens (tertiary/aromatic N) is 2. The smallest absolute Gasteiger partial charge is 0.356 e. The standard InChI is InChI=1S/C12H11FN2O2S/c1-15-11(6-10(14-15)12(16)17)8-5-7(18-2)3-4-9(8)13/h3-6H,1-2H3,(H,16,17). The Morgan fingerprint density at radius 2 is 2.17 bits per heavy atom. The molecule has 0 saturated carbocycles. The van der Waals surface area contributed by atoms with Gasteiger partial charge in [0.2, 0.25) is 0 Å². The number of aryl methyl sites for hydroxylation is 1. The summed E-state index contributed by atoms with van der Waals surface area (Å²) in [5, 5.41) is 12.7. The Hall–Kier alpha value is -1.82. The van der Waals surface area contributed by atoms with E-state index in [1.165, 1.54) is 28.6 Å². The summed E-state index contributed by atoms with van der Waals surface area (Å²) >= 11 is 1.49. The van der Waals surface area contributed by atoms with Crippen molar-refractivity contribution in [3.05, 3.63) is 35.8 Å². The number of halogens is 1. The van der Waals surface area contributed by atoms with Gasteiger partial charge in [0.1, 0.15) is 5.82 Å². The van der Waals surface area contributed by atoms with Gasteiger partial charge in [-0.1, -0.05) is 0 Å². The van der Waals surface area contributed by atoms with Crippen LogP contribution in [-0.2, 0) is 7.05 Å². The fourth-order valence-corrected chi connectivity index (χ4v) is 2.09. The van der Waals surface area contributed by atoms with Crippen LogP contribution in [0.4, 0.5) is 4.39 Å². The van der Waals surface area contributed by atoms with Crippen molar-refractivity contribution in [2.24, 2.45) is 7.05 Å². The van der Waals surface area contributed by atoms with Gasteiger partial charge in [0.05, 0.1) is 5.69 Å². The van der Waals surface area contributed by atoms with E-state index in [0.717, 1.165) is 4.90 Å². The lowest BCUT2D eigenvalue weighted by molar-refractivity contribution is 0.0689. The minimum Gasteiger partial charge on any atom is -0.476 e. The van der Waals surface area contributed by atoms with Gasteiger partial charge in [0.15, 0.2) is 5.69 Å². The van der Waals surface area contributed by atoms with Crippen LogP contribution in [-0.4, -0.2) is 27.1 Å². The van der Waals surface area contributed by atoms with Crippen LogP contribution in [0.15, 0.2) is 29.2 Å². The number of aromatic nitrogens is 2. The van der Waals surface area contributed by atoms with E-state index < -0.39 is 11.8 Å². The van der Waals surface area contributed by atoms with E-state index in [0.29, 0.717) is 11.3 Å². The zero-order valence-corrected chi connectivity index (χ0v) is 10.7. The highest BCUT2D eigenvalue weighted by molar-refractivity contribution is 7.98. The number of rotatable bonds is 3. The van der Waals surface area contributed by atoms with Crippen molar-refractivity contribution in [1.82, 2.24) is 9.78 Å². The third-order valence-electron chi connectivity index (χ3n) is 2.55. The highest BCUT2D eigenvalue weighted by Gasteiger charge is 2.15. The van der Waals surface area contributed by atoms with E-state index in [1.807, 2.05) is 6.26 Å². The zero-order valence-electron chi connectivity index (χ0n) is 9.85. The molecule has 94 valence electrons. The molecule has 0 saturated heterocycles. The predicted molar refractivity (Wildman–Crippen MR) is 67.3 cm³/mol. The molecule has 1 aromatic heterocycles. The van der Waals surface area contributed by atoms with Crippen molar-refractivity contribution in [3.8, 4) is 11.3 Å². The molecule has 0 bridgehead atoms. The number of carboxylic acids is 1. The molecule has 0 aliphatic heterocycles. The number of thioether (sulfide) groups is 1. The Morgan fingerprint density at radius 1 is 1.44 bits per heavy atom. The molecule has 6 heteroatoms. The normalized spacial score (nSPS) is 10.6. The van der Waals surface area contributed by atoms with Gasteiger partial charge in [-0.2, -0.15) is 5.10 Å². The number of carbonyl (C=O) groups is 1. The Labute approximate surface area is 107 Å². The van der Waals surface area contributed by atoms with E-state index in [2.05, 4.69) is 5.10 Å². The highest BCUT2D eigenvalue weighted by atomic mass is 32.2. The number of hydrogen-bond acceptors (Lipinski definition) is 3. The lowest BCUT2D eigenvalue weighted by atomic mass is 10.1. The lowest BCUT2D eigenvalue weighted by Gasteiger charge is -2.05. The topological polar surface area (TPSA) is 55.1 Å². The molecule has 1 N–H and O–H groups in total. The van der Waals surface area contributed by atoms with E-state index in [9.17, 15) is 9.18 Å². The molecule has 0 amide bonds. The van der Waals surface area contributed by atoms with Crippen LogP contribution in [0, 0.1) is 5.82 Å². The Morgan fingerprint density at radius 3 is 2.72 bits per heavy atom. The van der Waals surface area contributed by atoms with Gasteiger partial charge in [-0.05, 0) is 30.5 Å². The van der Waals surface area contributed by atoms with Crippen LogP contribution in [0.25, 0.3) is 11.3 Å². The van der Waals surface area contributed by atoms with Gasteiger partial charge in [0.25, 0.3) is 0 Å². The summed E-state index contributed by atoms with van der Waals surface area (Å²) in [4.78, 5) is 11.7. The van der Waals surface area contributed by atoms with Crippen LogP contribution >= 0.6 is 11.8 Å². The fraction of sp³-hybridized carbons (Fsp3) is 0.167. The van der Waals surface area contributed by atoms with Gasteiger partial charge in [-0.15, -0.1) is 11.8 Å². The summed E-state index contributed by atoms with van der Waals surface area (Å²) in [6, 6.07) is 6.10. The third-order valence-corrected chi connectivity index (χ3v) is 3.27. The quantitative estimate of drug-likeness (QED) is 0.868. The molecule has 1 aromatic carbocycles. The second-order valence-electron chi connectivity index (χ2n) is 3.69. The molecule has 2 rings (SSSR count). The Kier molecular flexibility index (Phi) is 3.38. The molecule has 0 unspecified atom stereocenters. The number of aromatic carboxylic acids is 1. The van der Waals surface area contributed by atoms with Gasteiger partial charge in [-0.3, -0.25) is 4.68 Å². The molecule has 18 heavy (non-hydrogen) atoms. The van der Waals surface area contributed by atoms with Gasteiger partial charge in [0, 0.05) is 17.5 Å². The van der Waals surface area contributed by atoms with Crippen molar-refractivity contribution in [2.75, 3.05) is 6.26 Å². The molecule has 0 fully saturated rings. The Balaban J connectivity index is 2.57. The first-order valence-corrected chi connectivity index (χ1v) is 6.36. The van der Waals surface area contributed by atoms with Crippen LogP contribution in [0.3, 0.4) is 0 Å². The van der Waals surface area contributed by atoms with Crippen LogP contribution in [0.1, 0.15) is 10.5 Å². The molecule has 0 radical (unpaired) electrons. The first kappa shape index (κ1) is 12.6. The first-order chi connectivity index (χ1) is 8.52. The predicted octanol–water partition coefficient (Wildman–Crippen LogP) is 2.65. The van der Waals surface area contributed by atoms with Crippen LogP contribution in [0.5, 0.6) is 0 Å². The van der Waals surface area contributed by atoms with E-state index in [-0.39, 0.29) is 5.69 Å². The van der Waals surface area contributed by atoms with Gasteiger partial charge in [-0.25, -0.2) is 9.18 Å². The van der Waals surface area contributed by atoms with E-state index in [4.69, 9.17) is 5.11 Å². The van der Waals surface area contributed by atoms with Crippen molar-refractivity contribution in [1.29, 1.82) is 0 Å². The van der Waals surface area contributed by atoms with Gasteiger partial charge >= 0.3 is 5.97 Å². The minimum absolute atomic E-state index is 0.0959. The molecule has 0 aliphatic carbocycles. The van der Waals surface area contributed by atoms with Crippen LogP contribution < -0.4 is 0 Å². The molecule has 0 spiro atoms. The monoisotopic (exact) mass is 266 g/mol. The molecule has 0 aliphatic rings. The maximum Gasteiger partial charge on any atom is 0.356 e. The average molecular weight is 266 g/mol. The van der Waals surface area contributed by atoms with Crippen molar-refractivity contribution in [2.45, 2.75) is 4.90 Å². The summed E-state index contributed by atoms with van der Waals surface area (Å²) in [7, 11) is 1.59. The molecule has 2 aromatic rings. The Bertz CT molecular complexity index is 610. The molecule has 1 heterocycles. The highest BCUT2D eigenvalue weighted by Crippen LogP contribution is 2.27. The zero-order chi connectivity index (χ0) is 13.3. The van der Waals surface area contributed by atoms with Crippen molar-refractivity contribution >= 4 is 17.7 Å². The average Bonchev–Trinajstić information content (AvgIpc) is 2.72. The number of carboxylic acid groups (broad SMARTS) is 1. The summed E-state index contributed by atoms with van der Waals surface area (Å²) < 4.78 is 15.2. The van der Waals surface area contributed by atoms with E-state index in [1.54, 1.807) is 19.2 Å². The summed E-state index contributed by atoms with van der Waals surface area (Å²) in [5.74, 6) is -1.52. The summed E-state index contributed by atoms with van der Waals surface area (Å²) in [6.45, 7) is 0. The first-order valence-electron chi connectivity index (χ1n) is 5.14. The minimum atomic E-state index is -1.13. The third kappa shape index (κ3) is 2.24. The molecular formula is C12H11FN2O2S. The second-order valence-corrected chi connectivity index (χ2v) is 4.57. The molecule has 4 nitrogen and oxygen atoms in total. The molecule has 0 atom stereocenters. The van der Waals surface area contributed by atoms with Crippen molar-refractivity contribution in [3.63, 3.8) is 0 Å². The second kappa shape index (κ2) is 4.81. The number of benzene rings is 1. The summed E-state index contributed by atoms with van der Waals surface area (Å²) in [5.41, 5.74) is 0.701. The largest absolute Gasteiger partial charge is 0.476 e. The maximum absolute atomic E-state index is 13.8. The number of hydrogen-bond donors (Lipinski definition) is 1. The SMILES string of the molecule is CSc1ccc(F)c(-c2cc(C(=O)O)nn2C)c1. The maximum atomic E-state index is 13.8. The summed E-state index contributed by atoms with van der Waals surface area (Å²) in [6.07, 6.45) is 1.89.